The zero-order valence-corrected chi connectivity index (χ0v) is 20.6. The van der Waals surface area contributed by atoms with Crippen LogP contribution >= 0.6 is 0 Å². The standard InChI is InChI=1S/C30H29BN2O2/c1-29(2)30(3,4)35-31(34-29)22-18-20-24(21-19-22)33-27-16-10-8-14-25(27)32(23-12-6-5-7-13-23)26-15-9-11-17-28(26)33/h5-21H,1-4H3. The highest BCUT2D eigenvalue weighted by Gasteiger charge is 2.51. The molecule has 4 aromatic carbocycles. The van der Waals surface area contributed by atoms with Crippen LogP contribution in [0.2, 0.25) is 0 Å². The summed E-state index contributed by atoms with van der Waals surface area (Å²) >= 11 is 0. The molecule has 35 heavy (non-hydrogen) atoms. The number of hydrogen-bond acceptors (Lipinski definition) is 4. The predicted octanol–water partition coefficient (Wildman–Crippen LogP) is 7.24. The van der Waals surface area contributed by atoms with Crippen molar-refractivity contribution in [1.29, 1.82) is 0 Å². The average Bonchev–Trinajstić information content (AvgIpc) is 3.09. The largest absolute Gasteiger partial charge is 0.494 e. The van der Waals surface area contributed by atoms with Crippen LogP contribution < -0.4 is 15.3 Å². The Morgan fingerprint density at radius 3 is 1.29 bits per heavy atom. The first-order valence-electron chi connectivity index (χ1n) is 12.1. The summed E-state index contributed by atoms with van der Waals surface area (Å²) in [4.78, 5) is 4.66. The number of rotatable bonds is 3. The van der Waals surface area contributed by atoms with Gasteiger partial charge in [0, 0.05) is 11.4 Å². The minimum absolute atomic E-state index is 0.359. The number of anilines is 6. The van der Waals surface area contributed by atoms with Crippen LogP contribution in [0.5, 0.6) is 0 Å². The summed E-state index contributed by atoms with van der Waals surface area (Å²) in [5.41, 5.74) is 7.11. The fourth-order valence-corrected chi connectivity index (χ4v) is 4.84. The first-order valence-corrected chi connectivity index (χ1v) is 12.1. The van der Waals surface area contributed by atoms with Crippen LogP contribution in [0.4, 0.5) is 34.1 Å². The third-order valence-electron chi connectivity index (χ3n) is 7.42. The fourth-order valence-electron chi connectivity index (χ4n) is 4.84. The van der Waals surface area contributed by atoms with Gasteiger partial charge in [-0.3, -0.25) is 0 Å². The van der Waals surface area contributed by atoms with E-state index in [1.165, 1.54) is 0 Å². The van der Waals surface area contributed by atoms with E-state index in [0.717, 1.165) is 39.6 Å². The van der Waals surface area contributed by atoms with E-state index < -0.39 is 0 Å². The number of benzene rings is 4. The normalized spacial score (nSPS) is 17.8. The second-order valence-corrected chi connectivity index (χ2v) is 10.2. The van der Waals surface area contributed by atoms with Crippen LogP contribution in [-0.2, 0) is 9.31 Å². The zero-order valence-electron chi connectivity index (χ0n) is 20.6. The first kappa shape index (κ1) is 22.0. The second-order valence-electron chi connectivity index (χ2n) is 10.2. The lowest BCUT2D eigenvalue weighted by molar-refractivity contribution is 0.00578. The van der Waals surface area contributed by atoms with Crippen molar-refractivity contribution in [3.8, 4) is 0 Å². The third-order valence-corrected chi connectivity index (χ3v) is 7.42. The van der Waals surface area contributed by atoms with Gasteiger partial charge >= 0.3 is 7.12 Å². The second kappa shape index (κ2) is 8.01. The smallest absolute Gasteiger partial charge is 0.399 e. The molecule has 174 valence electrons. The third kappa shape index (κ3) is 3.54. The van der Waals surface area contributed by atoms with Crippen LogP contribution in [0.3, 0.4) is 0 Å². The first-order chi connectivity index (χ1) is 16.9. The Kier molecular flexibility index (Phi) is 5.03. The molecular formula is C30H29BN2O2. The van der Waals surface area contributed by atoms with Crippen molar-refractivity contribution < 1.29 is 9.31 Å². The van der Waals surface area contributed by atoms with Gasteiger partial charge in [-0.2, -0.15) is 0 Å². The van der Waals surface area contributed by atoms with Crippen molar-refractivity contribution in [1.82, 2.24) is 0 Å². The van der Waals surface area contributed by atoms with Crippen molar-refractivity contribution in [2.75, 3.05) is 9.80 Å². The monoisotopic (exact) mass is 460 g/mol. The molecule has 0 aromatic heterocycles. The summed E-state index contributed by atoms with van der Waals surface area (Å²) in [7, 11) is -0.372. The van der Waals surface area contributed by atoms with Gasteiger partial charge in [0.1, 0.15) is 0 Å². The molecule has 0 spiro atoms. The Hall–Kier alpha value is -3.54. The summed E-state index contributed by atoms with van der Waals surface area (Å²) in [6.45, 7) is 8.34. The molecule has 4 aromatic rings. The molecule has 0 N–H and O–H groups in total. The number of para-hydroxylation sites is 5. The highest BCUT2D eigenvalue weighted by Crippen LogP contribution is 2.53. The Balaban J connectivity index is 1.43. The van der Waals surface area contributed by atoms with Gasteiger partial charge in [-0.15, -0.1) is 0 Å². The van der Waals surface area contributed by atoms with E-state index in [1.54, 1.807) is 0 Å². The van der Waals surface area contributed by atoms with Gasteiger partial charge in [0.05, 0.1) is 34.0 Å². The van der Waals surface area contributed by atoms with E-state index in [1.807, 2.05) is 0 Å². The van der Waals surface area contributed by atoms with Crippen LogP contribution in [-0.4, -0.2) is 18.3 Å². The van der Waals surface area contributed by atoms with E-state index in [-0.39, 0.29) is 18.3 Å². The van der Waals surface area contributed by atoms with Gasteiger partial charge in [-0.05, 0) is 81.7 Å². The Bertz CT molecular complexity index is 1310. The van der Waals surface area contributed by atoms with Crippen molar-refractivity contribution in [3.05, 3.63) is 103 Å². The molecule has 0 aliphatic carbocycles. The fraction of sp³-hybridized carbons (Fsp3) is 0.200. The van der Waals surface area contributed by atoms with E-state index in [2.05, 4.69) is 141 Å². The number of nitrogens with zero attached hydrogens (tertiary/aromatic N) is 2. The maximum absolute atomic E-state index is 6.27. The molecule has 0 radical (unpaired) electrons. The molecule has 0 bridgehead atoms. The zero-order chi connectivity index (χ0) is 24.2. The Labute approximate surface area is 207 Å². The SMILES string of the molecule is CC1(C)OB(c2ccc(N3c4ccccc4N(c4ccccc4)c4ccccc43)cc2)OC1(C)C. The number of hydrogen-bond donors (Lipinski definition) is 0. The van der Waals surface area contributed by atoms with Gasteiger partial charge in [0.2, 0.25) is 0 Å². The molecule has 1 fully saturated rings. The van der Waals surface area contributed by atoms with Gasteiger partial charge in [0.15, 0.2) is 0 Å². The van der Waals surface area contributed by atoms with Gasteiger partial charge in [-0.1, -0.05) is 54.6 Å². The molecule has 2 aliphatic heterocycles. The molecular weight excluding hydrogens is 431 g/mol. The summed E-state index contributed by atoms with van der Waals surface area (Å²) < 4.78 is 12.5. The summed E-state index contributed by atoms with van der Waals surface area (Å²) in [6.07, 6.45) is 0. The molecule has 4 nitrogen and oxygen atoms in total. The number of fused-ring (bicyclic) bond motifs is 2. The van der Waals surface area contributed by atoms with E-state index in [9.17, 15) is 0 Å². The molecule has 6 rings (SSSR count). The van der Waals surface area contributed by atoms with Crippen molar-refractivity contribution >= 4 is 46.7 Å². The topological polar surface area (TPSA) is 24.9 Å². The molecule has 0 atom stereocenters. The minimum Gasteiger partial charge on any atom is -0.399 e. The van der Waals surface area contributed by atoms with Crippen molar-refractivity contribution in [3.63, 3.8) is 0 Å². The van der Waals surface area contributed by atoms with Gasteiger partial charge in [0.25, 0.3) is 0 Å². The van der Waals surface area contributed by atoms with Crippen molar-refractivity contribution in [2.45, 2.75) is 38.9 Å². The van der Waals surface area contributed by atoms with Gasteiger partial charge in [-0.25, -0.2) is 0 Å². The van der Waals surface area contributed by atoms with Crippen LogP contribution in [0.15, 0.2) is 103 Å². The van der Waals surface area contributed by atoms with Crippen LogP contribution in [0, 0.1) is 0 Å². The highest BCUT2D eigenvalue weighted by atomic mass is 16.7. The maximum Gasteiger partial charge on any atom is 0.494 e. The molecule has 0 unspecified atom stereocenters. The lowest BCUT2D eigenvalue weighted by Crippen LogP contribution is -2.41. The lowest BCUT2D eigenvalue weighted by atomic mass is 9.79. The predicted molar refractivity (Wildman–Crippen MR) is 145 cm³/mol. The van der Waals surface area contributed by atoms with Crippen LogP contribution in [0.25, 0.3) is 0 Å². The molecule has 1 saturated heterocycles. The van der Waals surface area contributed by atoms with E-state index in [4.69, 9.17) is 9.31 Å². The molecule has 2 heterocycles. The summed E-state index contributed by atoms with van der Waals surface area (Å²) in [5, 5.41) is 0. The van der Waals surface area contributed by atoms with Gasteiger partial charge < -0.3 is 19.1 Å². The molecule has 2 aliphatic rings. The molecule has 0 amide bonds. The average molecular weight is 460 g/mol. The molecule has 0 saturated carbocycles. The van der Waals surface area contributed by atoms with Crippen molar-refractivity contribution in [2.24, 2.45) is 0 Å². The Morgan fingerprint density at radius 1 is 0.486 bits per heavy atom. The maximum atomic E-state index is 6.27. The Morgan fingerprint density at radius 2 is 0.857 bits per heavy atom. The highest BCUT2D eigenvalue weighted by molar-refractivity contribution is 6.62. The summed E-state index contributed by atoms with van der Waals surface area (Å²) in [6, 6.07) is 36.2. The van der Waals surface area contributed by atoms with E-state index >= 15 is 0 Å². The van der Waals surface area contributed by atoms with Crippen LogP contribution in [0.1, 0.15) is 27.7 Å². The van der Waals surface area contributed by atoms with E-state index in [0.29, 0.717) is 0 Å². The lowest BCUT2D eigenvalue weighted by Gasteiger charge is -2.40. The quantitative estimate of drug-likeness (QED) is 0.265. The minimum atomic E-state index is -0.372. The summed E-state index contributed by atoms with van der Waals surface area (Å²) in [5.74, 6) is 0. The molecule has 5 heteroatoms.